The molecule has 0 aliphatic heterocycles. The number of nitrogens with one attached hydrogen (secondary N) is 2. The summed E-state index contributed by atoms with van der Waals surface area (Å²) in [7, 11) is 1.69. The second-order valence-electron chi connectivity index (χ2n) is 6.52. The normalized spacial score (nSPS) is 12.4. The molecule has 0 bridgehead atoms. The van der Waals surface area contributed by atoms with E-state index in [2.05, 4.69) is 32.7 Å². The van der Waals surface area contributed by atoms with Crippen molar-refractivity contribution in [3.63, 3.8) is 0 Å². The molecule has 30 heavy (non-hydrogen) atoms. The number of benzene rings is 2. The number of aliphatic hydroxyl groups excluding tert-OH is 1. The predicted octanol–water partition coefficient (Wildman–Crippen LogP) is 4.57. The number of hydrogen-bond acceptors (Lipinski definition) is 5. The molecule has 3 N–H and O–H groups in total. The van der Waals surface area contributed by atoms with E-state index in [4.69, 9.17) is 4.42 Å². The standard InChI is InChI=1S/C22H22N4O2S.HI/c1-23-22(24-12-17-14-28-21(26-17)15-7-3-2-4-8-15)25-13-18(27)20-11-16-9-5-6-10-19(16)29-20;/h2-11,14,18,27H,12-13H2,1H3,(H2,23,24,25);1H. The van der Waals surface area contributed by atoms with Crippen LogP contribution in [-0.4, -0.2) is 29.6 Å². The molecule has 0 saturated carbocycles. The summed E-state index contributed by atoms with van der Waals surface area (Å²) in [5, 5.41) is 18.0. The maximum atomic E-state index is 10.5. The number of rotatable bonds is 6. The minimum atomic E-state index is -0.609. The highest BCUT2D eigenvalue weighted by Gasteiger charge is 2.12. The first-order valence-corrected chi connectivity index (χ1v) is 10.2. The summed E-state index contributed by atoms with van der Waals surface area (Å²) in [5.41, 5.74) is 1.71. The van der Waals surface area contributed by atoms with E-state index in [-0.39, 0.29) is 24.0 Å². The van der Waals surface area contributed by atoms with Gasteiger partial charge in [-0.15, -0.1) is 35.3 Å². The molecule has 0 fully saturated rings. The smallest absolute Gasteiger partial charge is 0.226 e. The van der Waals surface area contributed by atoms with Crippen LogP contribution in [0, 0.1) is 0 Å². The highest BCUT2D eigenvalue weighted by molar-refractivity contribution is 14.0. The molecule has 0 spiro atoms. The van der Waals surface area contributed by atoms with Gasteiger partial charge in [-0.1, -0.05) is 36.4 Å². The number of thiophene rings is 1. The molecule has 6 nitrogen and oxygen atoms in total. The molecule has 0 amide bonds. The molecule has 2 heterocycles. The quantitative estimate of drug-likeness (QED) is 0.192. The van der Waals surface area contributed by atoms with E-state index in [1.807, 2.05) is 48.5 Å². The Morgan fingerprint density at radius 3 is 2.67 bits per heavy atom. The van der Waals surface area contributed by atoms with Gasteiger partial charge in [-0.05, 0) is 29.7 Å². The van der Waals surface area contributed by atoms with Crippen molar-refractivity contribution in [2.45, 2.75) is 12.6 Å². The lowest BCUT2D eigenvalue weighted by Crippen LogP contribution is -2.38. The van der Waals surface area contributed by atoms with Gasteiger partial charge in [0.2, 0.25) is 5.89 Å². The molecule has 4 aromatic rings. The lowest BCUT2D eigenvalue weighted by Gasteiger charge is -2.14. The van der Waals surface area contributed by atoms with Crippen LogP contribution < -0.4 is 10.6 Å². The number of aliphatic hydroxyl groups is 1. The first kappa shape index (κ1) is 22.3. The third kappa shape index (κ3) is 5.38. The van der Waals surface area contributed by atoms with E-state index >= 15 is 0 Å². The SMILES string of the molecule is CN=C(NCc1coc(-c2ccccc2)n1)NCC(O)c1cc2ccccc2s1.I. The Labute approximate surface area is 196 Å². The summed E-state index contributed by atoms with van der Waals surface area (Å²) in [4.78, 5) is 9.63. The molecule has 156 valence electrons. The van der Waals surface area contributed by atoms with Gasteiger partial charge in [0.15, 0.2) is 5.96 Å². The number of aliphatic imine (C=N–C) groups is 1. The Morgan fingerprint density at radius 2 is 1.90 bits per heavy atom. The fourth-order valence-corrected chi connectivity index (χ4v) is 4.01. The molecule has 1 atom stereocenters. The van der Waals surface area contributed by atoms with E-state index in [1.165, 1.54) is 4.70 Å². The largest absolute Gasteiger partial charge is 0.444 e. The van der Waals surface area contributed by atoms with Crippen LogP contribution >= 0.6 is 35.3 Å². The molecule has 2 aromatic heterocycles. The Hall–Kier alpha value is -2.43. The van der Waals surface area contributed by atoms with Gasteiger partial charge in [-0.25, -0.2) is 4.98 Å². The van der Waals surface area contributed by atoms with Crippen LogP contribution in [0.4, 0.5) is 0 Å². The topological polar surface area (TPSA) is 82.7 Å². The van der Waals surface area contributed by atoms with Crippen LogP contribution in [0.25, 0.3) is 21.5 Å². The second kappa shape index (κ2) is 10.6. The molecule has 0 aliphatic rings. The molecule has 2 aromatic carbocycles. The van der Waals surface area contributed by atoms with E-state index in [9.17, 15) is 5.11 Å². The first-order chi connectivity index (χ1) is 14.2. The Bertz CT molecular complexity index is 1080. The summed E-state index contributed by atoms with van der Waals surface area (Å²) >= 11 is 1.60. The lowest BCUT2D eigenvalue weighted by atomic mass is 10.2. The van der Waals surface area contributed by atoms with Crippen LogP contribution in [0.5, 0.6) is 0 Å². The van der Waals surface area contributed by atoms with Crippen LogP contribution in [0.1, 0.15) is 16.7 Å². The summed E-state index contributed by atoms with van der Waals surface area (Å²) in [5.74, 6) is 1.18. The van der Waals surface area contributed by atoms with Crippen molar-refractivity contribution < 1.29 is 9.52 Å². The highest BCUT2D eigenvalue weighted by atomic mass is 127. The van der Waals surface area contributed by atoms with Crippen molar-refractivity contribution in [3.05, 3.63) is 77.5 Å². The van der Waals surface area contributed by atoms with Gasteiger partial charge in [-0.3, -0.25) is 4.99 Å². The van der Waals surface area contributed by atoms with Gasteiger partial charge in [0.05, 0.1) is 12.2 Å². The van der Waals surface area contributed by atoms with Crippen molar-refractivity contribution in [3.8, 4) is 11.5 Å². The second-order valence-corrected chi connectivity index (χ2v) is 7.63. The molecule has 4 rings (SSSR count). The van der Waals surface area contributed by atoms with Gasteiger partial charge in [0.25, 0.3) is 0 Å². The number of hydrogen-bond donors (Lipinski definition) is 3. The van der Waals surface area contributed by atoms with Gasteiger partial charge in [0, 0.05) is 28.7 Å². The molecule has 1 unspecified atom stereocenters. The van der Waals surface area contributed by atoms with Crippen molar-refractivity contribution in [2.75, 3.05) is 13.6 Å². The van der Waals surface area contributed by atoms with E-state index in [0.717, 1.165) is 21.5 Å². The zero-order chi connectivity index (χ0) is 20.1. The zero-order valence-corrected chi connectivity index (χ0v) is 19.6. The van der Waals surface area contributed by atoms with Crippen molar-refractivity contribution >= 4 is 51.4 Å². The number of guanidine groups is 1. The lowest BCUT2D eigenvalue weighted by molar-refractivity contribution is 0.184. The fourth-order valence-electron chi connectivity index (χ4n) is 2.96. The molecule has 0 radical (unpaired) electrons. The third-order valence-corrected chi connectivity index (χ3v) is 5.69. The highest BCUT2D eigenvalue weighted by Crippen LogP contribution is 2.29. The third-order valence-electron chi connectivity index (χ3n) is 4.47. The number of aromatic nitrogens is 1. The summed E-state index contributed by atoms with van der Waals surface area (Å²) in [6, 6.07) is 19.9. The van der Waals surface area contributed by atoms with E-state index in [0.29, 0.717) is 24.9 Å². The maximum absolute atomic E-state index is 10.5. The average molecular weight is 534 g/mol. The average Bonchev–Trinajstić information content (AvgIpc) is 3.41. The molecule has 0 saturated heterocycles. The number of fused-ring (bicyclic) bond motifs is 1. The van der Waals surface area contributed by atoms with Gasteiger partial charge < -0.3 is 20.2 Å². The number of nitrogens with zero attached hydrogens (tertiary/aromatic N) is 2. The van der Waals surface area contributed by atoms with E-state index in [1.54, 1.807) is 24.6 Å². The minimum Gasteiger partial charge on any atom is -0.444 e. The first-order valence-electron chi connectivity index (χ1n) is 9.34. The Balaban J connectivity index is 0.00000256. The zero-order valence-electron chi connectivity index (χ0n) is 16.4. The monoisotopic (exact) mass is 534 g/mol. The van der Waals surface area contributed by atoms with Gasteiger partial charge in [-0.2, -0.15) is 0 Å². The van der Waals surface area contributed by atoms with Gasteiger partial charge in [0.1, 0.15) is 12.4 Å². The summed E-state index contributed by atoms with van der Waals surface area (Å²) < 4.78 is 6.72. The molecular formula is C22H23IN4O2S. The van der Waals surface area contributed by atoms with Crippen LogP contribution in [-0.2, 0) is 6.54 Å². The molecular weight excluding hydrogens is 511 g/mol. The van der Waals surface area contributed by atoms with Gasteiger partial charge >= 0.3 is 0 Å². The number of halogens is 1. The van der Waals surface area contributed by atoms with E-state index < -0.39 is 6.10 Å². The van der Waals surface area contributed by atoms with Crippen molar-refractivity contribution in [1.29, 1.82) is 0 Å². The summed E-state index contributed by atoms with van der Waals surface area (Å²) in [6.07, 6.45) is 1.02. The fraction of sp³-hybridized carbons (Fsp3) is 0.182. The van der Waals surface area contributed by atoms with Crippen molar-refractivity contribution in [1.82, 2.24) is 15.6 Å². The van der Waals surface area contributed by atoms with Crippen LogP contribution in [0.3, 0.4) is 0 Å². The maximum Gasteiger partial charge on any atom is 0.226 e. The Kier molecular flexibility index (Phi) is 7.83. The van der Waals surface area contributed by atoms with Crippen LogP contribution in [0.15, 0.2) is 76.3 Å². The minimum absolute atomic E-state index is 0. The van der Waals surface area contributed by atoms with Crippen molar-refractivity contribution in [2.24, 2.45) is 4.99 Å². The number of oxazole rings is 1. The van der Waals surface area contributed by atoms with Crippen LogP contribution in [0.2, 0.25) is 0 Å². The Morgan fingerprint density at radius 1 is 1.13 bits per heavy atom. The predicted molar refractivity (Wildman–Crippen MR) is 132 cm³/mol. The molecule has 0 aliphatic carbocycles. The summed E-state index contributed by atoms with van der Waals surface area (Å²) in [6.45, 7) is 0.829. The molecule has 8 heteroatoms.